The molecular weight excluding hydrogens is 254 g/mol. The van der Waals surface area contributed by atoms with Gasteiger partial charge in [0, 0.05) is 5.71 Å². The Morgan fingerprint density at radius 2 is 1.00 bits per heavy atom. The first kappa shape index (κ1) is 20.4. The summed E-state index contributed by atoms with van der Waals surface area (Å²) in [5.41, 5.74) is 0.699. The highest BCUT2D eigenvalue weighted by molar-refractivity contribution is 5.91. The summed E-state index contributed by atoms with van der Waals surface area (Å²) in [7, 11) is 0. The molecule has 0 heterocycles. The molecule has 0 aliphatic rings. The van der Waals surface area contributed by atoms with Crippen LogP contribution in [0.4, 0.5) is 0 Å². The molecule has 0 rings (SSSR count). The summed E-state index contributed by atoms with van der Waals surface area (Å²) in [6, 6.07) is 0. The van der Waals surface area contributed by atoms with Crippen molar-refractivity contribution >= 4 is 5.71 Å². The number of unbranched alkanes of at least 4 members (excludes halogenated alkanes) is 14. The lowest BCUT2D eigenvalue weighted by Gasteiger charge is -2.03. The number of rotatable bonds is 17. The molecule has 0 fully saturated rings. The van der Waals surface area contributed by atoms with Crippen molar-refractivity contribution in [3.8, 4) is 0 Å². The lowest BCUT2D eigenvalue weighted by atomic mass is 10.0. The van der Waals surface area contributed by atoms with Crippen LogP contribution in [0.3, 0.4) is 0 Å². The first-order valence-corrected chi connectivity index (χ1v) is 9.51. The molecule has 0 aliphatic heterocycles. The summed E-state index contributed by atoms with van der Waals surface area (Å²) in [5, 5.41) is 7.49. The molecular formula is C20H39N. The zero-order valence-corrected chi connectivity index (χ0v) is 14.6. The lowest BCUT2D eigenvalue weighted by Crippen LogP contribution is -1.90. The van der Waals surface area contributed by atoms with E-state index in [1.54, 1.807) is 6.08 Å². The third kappa shape index (κ3) is 17.4. The molecule has 0 unspecified atom stereocenters. The molecule has 0 aromatic carbocycles. The van der Waals surface area contributed by atoms with E-state index in [1.807, 2.05) is 0 Å². The fraction of sp³-hybridized carbons (Fsp3) is 0.850. The van der Waals surface area contributed by atoms with Gasteiger partial charge in [0.05, 0.1) is 0 Å². The quantitative estimate of drug-likeness (QED) is 0.213. The highest BCUT2D eigenvalue weighted by Crippen LogP contribution is 2.13. The standard InChI is InChI=1S/C20H39N/c1-3-5-6-7-8-9-10-11-12-13-14-15-16-17-18-19-20(21)4-2/h4,21H,2-3,5-19H2,1H3. The predicted octanol–water partition coefficient (Wildman–Crippen LogP) is 7.45. The largest absolute Gasteiger partial charge is 0.305 e. The molecule has 0 saturated heterocycles. The third-order valence-corrected chi connectivity index (χ3v) is 4.30. The summed E-state index contributed by atoms with van der Waals surface area (Å²) in [5.74, 6) is 0. The second kappa shape index (κ2) is 17.5. The van der Waals surface area contributed by atoms with Crippen LogP contribution in [0.1, 0.15) is 110 Å². The molecule has 0 atom stereocenters. The van der Waals surface area contributed by atoms with E-state index < -0.39 is 0 Å². The first-order valence-electron chi connectivity index (χ1n) is 9.51. The molecule has 0 aliphatic carbocycles. The van der Waals surface area contributed by atoms with Crippen molar-refractivity contribution < 1.29 is 0 Å². The summed E-state index contributed by atoms with van der Waals surface area (Å²) >= 11 is 0. The third-order valence-electron chi connectivity index (χ3n) is 4.30. The van der Waals surface area contributed by atoms with Crippen LogP contribution < -0.4 is 0 Å². The van der Waals surface area contributed by atoms with Crippen LogP contribution in [0, 0.1) is 5.41 Å². The van der Waals surface area contributed by atoms with Crippen LogP contribution in [0.25, 0.3) is 0 Å². The molecule has 124 valence electrons. The number of nitrogens with one attached hydrogen (secondary N) is 1. The zero-order chi connectivity index (χ0) is 15.6. The fourth-order valence-corrected chi connectivity index (χ4v) is 2.79. The van der Waals surface area contributed by atoms with E-state index in [2.05, 4.69) is 13.5 Å². The SMILES string of the molecule is C=CC(=N)CCCCCCCCCCCCCCCCC. The summed E-state index contributed by atoms with van der Waals surface area (Å²) < 4.78 is 0. The van der Waals surface area contributed by atoms with Crippen molar-refractivity contribution in [1.82, 2.24) is 0 Å². The second-order valence-electron chi connectivity index (χ2n) is 6.43. The average molecular weight is 294 g/mol. The van der Waals surface area contributed by atoms with Gasteiger partial charge in [0.25, 0.3) is 0 Å². The molecule has 0 aromatic rings. The lowest BCUT2D eigenvalue weighted by molar-refractivity contribution is 0.533. The van der Waals surface area contributed by atoms with Crippen molar-refractivity contribution in [3.05, 3.63) is 12.7 Å². The van der Waals surface area contributed by atoms with Crippen LogP contribution in [-0.4, -0.2) is 5.71 Å². The molecule has 1 nitrogen and oxygen atoms in total. The maximum absolute atomic E-state index is 7.49. The summed E-state index contributed by atoms with van der Waals surface area (Å²) in [6.07, 6.45) is 23.6. The van der Waals surface area contributed by atoms with Gasteiger partial charge >= 0.3 is 0 Å². The molecule has 0 spiro atoms. The summed E-state index contributed by atoms with van der Waals surface area (Å²) in [4.78, 5) is 0. The monoisotopic (exact) mass is 293 g/mol. The van der Waals surface area contributed by atoms with Crippen LogP contribution in [0.15, 0.2) is 12.7 Å². The molecule has 0 bridgehead atoms. The van der Waals surface area contributed by atoms with E-state index >= 15 is 0 Å². The maximum Gasteiger partial charge on any atom is 0.0308 e. The average Bonchev–Trinajstić information content (AvgIpc) is 2.50. The van der Waals surface area contributed by atoms with Crippen LogP contribution in [0.2, 0.25) is 0 Å². The van der Waals surface area contributed by atoms with Crippen LogP contribution in [0.5, 0.6) is 0 Å². The normalized spacial score (nSPS) is 10.7. The van der Waals surface area contributed by atoms with E-state index in [0.717, 1.165) is 6.42 Å². The second-order valence-corrected chi connectivity index (χ2v) is 6.43. The van der Waals surface area contributed by atoms with E-state index in [0.29, 0.717) is 5.71 Å². The Morgan fingerprint density at radius 3 is 1.33 bits per heavy atom. The minimum absolute atomic E-state index is 0.699. The van der Waals surface area contributed by atoms with E-state index in [9.17, 15) is 0 Å². The van der Waals surface area contributed by atoms with Gasteiger partial charge in [-0.2, -0.15) is 0 Å². The smallest absolute Gasteiger partial charge is 0.0308 e. The van der Waals surface area contributed by atoms with Gasteiger partial charge < -0.3 is 5.41 Å². The van der Waals surface area contributed by atoms with E-state index in [-0.39, 0.29) is 0 Å². The summed E-state index contributed by atoms with van der Waals surface area (Å²) in [6.45, 7) is 5.91. The maximum atomic E-state index is 7.49. The first-order chi connectivity index (χ1) is 10.3. The number of hydrogen-bond acceptors (Lipinski definition) is 1. The van der Waals surface area contributed by atoms with Gasteiger partial charge in [0.1, 0.15) is 0 Å². The van der Waals surface area contributed by atoms with Crippen LogP contribution >= 0.6 is 0 Å². The van der Waals surface area contributed by atoms with Crippen LogP contribution in [-0.2, 0) is 0 Å². The van der Waals surface area contributed by atoms with Crippen molar-refractivity contribution in [2.75, 3.05) is 0 Å². The highest BCUT2D eigenvalue weighted by Gasteiger charge is 1.95. The van der Waals surface area contributed by atoms with E-state index in [4.69, 9.17) is 5.41 Å². The predicted molar refractivity (Wildman–Crippen MR) is 97.5 cm³/mol. The van der Waals surface area contributed by atoms with Gasteiger partial charge in [-0.1, -0.05) is 103 Å². The highest BCUT2D eigenvalue weighted by atomic mass is 14.4. The zero-order valence-electron chi connectivity index (χ0n) is 14.6. The van der Waals surface area contributed by atoms with Crippen molar-refractivity contribution in [2.24, 2.45) is 0 Å². The Kier molecular flexibility index (Phi) is 17.0. The minimum Gasteiger partial charge on any atom is -0.305 e. The Morgan fingerprint density at radius 1 is 0.667 bits per heavy atom. The molecule has 0 radical (unpaired) electrons. The molecule has 1 N–H and O–H groups in total. The van der Waals surface area contributed by atoms with Gasteiger partial charge in [-0.3, -0.25) is 0 Å². The molecule has 1 heteroatoms. The molecule has 0 saturated carbocycles. The Hall–Kier alpha value is -0.590. The Bertz CT molecular complexity index is 232. The molecule has 0 amide bonds. The Balaban J connectivity index is 2.99. The number of allylic oxidation sites excluding steroid dienone is 1. The van der Waals surface area contributed by atoms with Gasteiger partial charge in [-0.15, -0.1) is 0 Å². The van der Waals surface area contributed by atoms with Crippen molar-refractivity contribution in [3.63, 3.8) is 0 Å². The minimum atomic E-state index is 0.699. The Labute approximate surface area is 134 Å². The van der Waals surface area contributed by atoms with E-state index in [1.165, 1.54) is 96.3 Å². The number of hydrogen-bond donors (Lipinski definition) is 1. The van der Waals surface area contributed by atoms with Gasteiger partial charge in [0.2, 0.25) is 0 Å². The van der Waals surface area contributed by atoms with Crippen molar-refractivity contribution in [1.29, 1.82) is 5.41 Å². The van der Waals surface area contributed by atoms with Gasteiger partial charge in [-0.05, 0) is 18.9 Å². The van der Waals surface area contributed by atoms with Crippen molar-refractivity contribution in [2.45, 2.75) is 110 Å². The van der Waals surface area contributed by atoms with Gasteiger partial charge in [-0.25, -0.2) is 0 Å². The topological polar surface area (TPSA) is 23.9 Å². The fourth-order valence-electron chi connectivity index (χ4n) is 2.79. The van der Waals surface area contributed by atoms with Gasteiger partial charge in [0.15, 0.2) is 0 Å². The molecule has 21 heavy (non-hydrogen) atoms. The molecule has 0 aromatic heterocycles.